The Morgan fingerprint density at radius 3 is 1.47 bits per heavy atom. The van der Waals surface area contributed by atoms with E-state index in [1.807, 2.05) is 91.0 Å². The van der Waals surface area contributed by atoms with E-state index in [2.05, 4.69) is 21.2 Å². The van der Waals surface area contributed by atoms with E-state index in [0.717, 1.165) is 103 Å². The molecule has 2 saturated carbocycles. The first kappa shape index (κ1) is 56.6. The zero-order valence-corrected chi connectivity index (χ0v) is 45.1. The molecular formula is C58H65Cl2IN4O9. The van der Waals surface area contributed by atoms with Crippen molar-refractivity contribution in [3.8, 4) is 11.5 Å². The second-order valence-corrected chi connectivity index (χ2v) is 20.3. The Balaban J connectivity index is 0.000000178. The minimum absolute atomic E-state index is 0. The number of aliphatic hydroxyl groups excluding tert-OH is 2. The molecule has 0 unspecified atom stereocenters. The highest BCUT2D eigenvalue weighted by atomic mass is 127. The summed E-state index contributed by atoms with van der Waals surface area (Å²) in [6, 6.07) is 37.7. The number of carboxylic acids is 1. The minimum atomic E-state index is -1.36. The van der Waals surface area contributed by atoms with Gasteiger partial charge in [0.1, 0.15) is 17.6 Å². The van der Waals surface area contributed by atoms with Crippen molar-refractivity contribution in [1.29, 1.82) is 0 Å². The molecule has 6 aromatic rings. The van der Waals surface area contributed by atoms with Crippen LogP contribution in [0.1, 0.15) is 85.8 Å². The molecule has 4 aliphatic rings. The Morgan fingerprint density at radius 2 is 1.04 bits per heavy atom. The summed E-state index contributed by atoms with van der Waals surface area (Å²) in [6.07, 6.45) is 6.51. The van der Waals surface area contributed by atoms with Crippen LogP contribution in [0.2, 0.25) is 10.0 Å². The van der Waals surface area contributed by atoms with E-state index < -0.39 is 41.7 Å². The van der Waals surface area contributed by atoms with Crippen LogP contribution >= 0.6 is 47.2 Å². The third-order valence-corrected chi connectivity index (χ3v) is 14.1. The fourth-order valence-electron chi connectivity index (χ4n) is 8.61. The van der Waals surface area contributed by atoms with Crippen molar-refractivity contribution in [1.82, 2.24) is 15.1 Å². The van der Waals surface area contributed by atoms with Gasteiger partial charge < -0.3 is 45.6 Å². The first-order valence-corrected chi connectivity index (χ1v) is 26.1. The zero-order chi connectivity index (χ0) is 51.4. The van der Waals surface area contributed by atoms with E-state index in [9.17, 15) is 29.4 Å². The Morgan fingerprint density at radius 1 is 0.595 bits per heavy atom. The molecule has 6 aromatic carbocycles. The van der Waals surface area contributed by atoms with E-state index in [4.69, 9.17) is 43.5 Å². The van der Waals surface area contributed by atoms with Gasteiger partial charge in [0.25, 0.3) is 5.91 Å². The molecular weight excluding hydrogens is 1090 g/mol. The molecule has 0 bridgehead atoms. The van der Waals surface area contributed by atoms with Gasteiger partial charge in [-0.2, -0.15) is 0 Å². The van der Waals surface area contributed by atoms with E-state index in [1.165, 1.54) is 6.42 Å². The van der Waals surface area contributed by atoms with Gasteiger partial charge in [-0.3, -0.25) is 14.4 Å². The average molecular weight is 1160 g/mol. The summed E-state index contributed by atoms with van der Waals surface area (Å²) in [5, 5.41) is 38.2. The van der Waals surface area contributed by atoms with Gasteiger partial charge in [-0.1, -0.05) is 120 Å². The van der Waals surface area contributed by atoms with Crippen molar-refractivity contribution in [2.75, 3.05) is 39.3 Å². The lowest BCUT2D eigenvalue weighted by Gasteiger charge is -2.36. The molecule has 2 aliphatic heterocycles. The number of hydrogen-bond donors (Lipinski definition) is 5. The molecule has 1 amide bonds. The van der Waals surface area contributed by atoms with Crippen LogP contribution in [0.3, 0.4) is 0 Å². The van der Waals surface area contributed by atoms with E-state index >= 15 is 0 Å². The number of rotatable bonds is 21. The number of likely N-dealkylation sites (tertiary alicyclic amines) is 2. The lowest BCUT2D eigenvalue weighted by molar-refractivity contribution is -0.149. The van der Waals surface area contributed by atoms with Crippen LogP contribution in [0.25, 0.3) is 21.5 Å². The Kier molecular flexibility index (Phi) is 20.7. The first-order chi connectivity index (χ1) is 35.3. The number of Topliss-reactive ketones (excluding diaryl/α,β-unsaturated/α-hetero) is 2. The summed E-state index contributed by atoms with van der Waals surface area (Å²) in [5.74, 6) is -1.96. The normalized spacial score (nSPS) is 16.8. The number of amides is 1. The number of carboxylic acid groups (broad SMARTS) is 1. The quantitative estimate of drug-likeness (QED) is 0.0339. The minimum Gasteiger partial charge on any atom is -0.489 e. The molecule has 16 heteroatoms. The molecule has 74 heavy (non-hydrogen) atoms. The monoisotopic (exact) mass is 1160 g/mol. The fraction of sp³-hybridized carbons (Fsp3) is 0.379. The van der Waals surface area contributed by atoms with Gasteiger partial charge in [0, 0.05) is 32.0 Å². The maximum absolute atomic E-state index is 12.8. The summed E-state index contributed by atoms with van der Waals surface area (Å²) >= 11 is 12.6. The fourth-order valence-corrected chi connectivity index (χ4v) is 9.07. The van der Waals surface area contributed by atoms with Crippen LogP contribution in [-0.4, -0.2) is 112 Å². The summed E-state index contributed by atoms with van der Waals surface area (Å²) in [6.45, 7) is 5.15. The highest BCUT2D eigenvalue weighted by molar-refractivity contribution is 14.0. The lowest BCUT2D eigenvalue weighted by atomic mass is 9.99. The van der Waals surface area contributed by atoms with Gasteiger partial charge in [-0.05, 0) is 146 Å². The number of carbonyl (C=O) groups is 4. The molecule has 392 valence electrons. The number of nitrogens with zero attached hydrogens (tertiary/aromatic N) is 2. The maximum atomic E-state index is 12.8. The summed E-state index contributed by atoms with van der Waals surface area (Å²) in [7, 11) is 0. The molecule has 2 saturated heterocycles. The number of nitrogens with two attached hydrogens (primary N) is 1. The number of benzene rings is 6. The molecule has 10 rings (SSSR count). The van der Waals surface area contributed by atoms with Gasteiger partial charge in [0.2, 0.25) is 11.6 Å². The number of hydrogen-bond acceptors (Lipinski definition) is 11. The lowest BCUT2D eigenvalue weighted by Crippen LogP contribution is -2.52. The predicted molar refractivity (Wildman–Crippen MR) is 300 cm³/mol. The van der Waals surface area contributed by atoms with Gasteiger partial charge in [-0.25, -0.2) is 4.79 Å². The van der Waals surface area contributed by atoms with Crippen molar-refractivity contribution in [3.05, 3.63) is 154 Å². The second kappa shape index (κ2) is 27.0. The molecule has 6 N–H and O–H groups in total. The molecule has 0 radical (unpaired) electrons. The summed E-state index contributed by atoms with van der Waals surface area (Å²) in [5.41, 5.74) is 9.40. The number of aliphatic hydroxyl groups is 2. The van der Waals surface area contributed by atoms with Gasteiger partial charge in [-0.15, -0.1) is 24.0 Å². The summed E-state index contributed by atoms with van der Waals surface area (Å²) < 4.78 is 11.5. The predicted octanol–water partition coefficient (Wildman–Crippen LogP) is 9.45. The van der Waals surface area contributed by atoms with Crippen molar-refractivity contribution in [3.63, 3.8) is 0 Å². The smallest absolute Gasteiger partial charge is 0.372 e. The molecule has 2 aliphatic carbocycles. The van der Waals surface area contributed by atoms with Gasteiger partial charge in [0.05, 0.1) is 34.4 Å². The number of ketones is 2. The zero-order valence-electron chi connectivity index (χ0n) is 41.3. The molecule has 0 spiro atoms. The van der Waals surface area contributed by atoms with Crippen molar-refractivity contribution >= 4 is 92.2 Å². The van der Waals surface area contributed by atoms with Crippen molar-refractivity contribution in [2.45, 2.75) is 101 Å². The summed E-state index contributed by atoms with van der Waals surface area (Å²) in [4.78, 5) is 51.3. The van der Waals surface area contributed by atoms with Gasteiger partial charge >= 0.3 is 5.97 Å². The van der Waals surface area contributed by atoms with Crippen LogP contribution in [0.4, 0.5) is 0 Å². The number of fused-ring (bicyclic) bond motifs is 2. The van der Waals surface area contributed by atoms with Crippen LogP contribution in [0.5, 0.6) is 11.5 Å². The third kappa shape index (κ3) is 16.4. The largest absolute Gasteiger partial charge is 0.489 e. The molecule has 2 heterocycles. The second-order valence-electron chi connectivity index (χ2n) is 19.5. The molecule has 4 atom stereocenters. The van der Waals surface area contributed by atoms with Crippen LogP contribution in [-0.2, 0) is 32.0 Å². The standard InChI is InChI=1S/C29H31ClN2O4.C15H21ClN2O2.C14H12O3.HI/c30-24-17-22(9-13-27(24)36-23-10-11-23)28(34)25(18-32-14-3-15-32)31-29(35)26(33)12-7-19-6-8-20-4-1-2-5-21(20)16-19;16-12-8-10(2-5-14(12)20-11-3-4-11)15(19)13(17)9-18-6-1-7-18;15-13(14(16)17)8-6-10-5-7-11-3-1-2-4-12(11)9-10;/h1-2,4-6,8-9,13,16-17,23,25,28,34H,3,7,10-12,14-15,18H2,(H,31,35);2,5,8,11,13,15,19H,1,3-4,6-7,9,17H2;1-5,7,9H,6,8H2,(H,16,17);1H/t25-,28-;13-,15-;;/m11../s1. The number of carbonyl (C=O) groups excluding carboxylic acids is 3. The Labute approximate surface area is 459 Å². The van der Waals surface area contributed by atoms with E-state index in [0.29, 0.717) is 52.6 Å². The van der Waals surface area contributed by atoms with E-state index in [1.54, 1.807) is 24.3 Å². The van der Waals surface area contributed by atoms with Crippen LogP contribution < -0.4 is 20.5 Å². The van der Waals surface area contributed by atoms with Crippen molar-refractivity contribution in [2.24, 2.45) is 5.73 Å². The molecule has 4 fully saturated rings. The number of nitrogens with one attached hydrogen (secondary N) is 1. The van der Waals surface area contributed by atoms with Crippen LogP contribution in [0, 0.1) is 0 Å². The number of ether oxygens (including phenoxy) is 2. The number of halogens is 3. The highest BCUT2D eigenvalue weighted by Crippen LogP contribution is 2.36. The first-order valence-electron chi connectivity index (χ1n) is 25.3. The average Bonchev–Trinajstić information content (AvgIpc) is 4.33. The number of aliphatic carboxylic acids is 1. The maximum Gasteiger partial charge on any atom is 0.372 e. The Bertz CT molecular complexity index is 2890. The SMILES string of the molecule is I.N[C@H](CN1CCC1)[C@H](O)c1ccc(OC2CC2)c(Cl)c1.O=C(CCc1ccc2ccccc2c1)C(=O)N[C@H](CN1CCC1)[C@H](O)c1ccc(OC2CC2)c(Cl)c1.O=C(O)C(=O)CCc1ccc2ccccc2c1. The Hall–Kier alpha value is -5.17. The van der Waals surface area contributed by atoms with Gasteiger partial charge in [0.15, 0.2) is 0 Å². The third-order valence-electron chi connectivity index (χ3n) is 13.6. The molecule has 13 nitrogen and oxygen atoms in total. The number of aryl methyl sites for hydroxylation is 2. The highest BCUT2D eigenvalue weighted by Gasteiger charge is 2.31. The van der Waals surface area contributed by atoms with E-state index in [-0.39, 0.29) is 49.0 Å². The van der Waals surface area contributed by atoms with Crippen LogP contribution in [0.15, 0.2) is 121 Å². The van der Waals surface area contributed by atoms with Crippen molar-refractivity contribution < 1.29 is 44.0 Å². The topological polar surface area (TPSA) is 192 Å². The molecule has 0 aromatic heterocycles.